The maximum atomic E-state index is 12.9. The number of hydrogen-bond acceptors (Lipinski definition) is 6. The van der Waals surface area contributed by atoms with E-state index in [0.717, 1.165) is 0 Å². The molecular formula is C23H28N4O6S. The Hall–Kier alpha value is -3.28. The zero-order valence-electron chi connectivity index (χ0n) is 19.3. The van der Waals surface area contributed by atoms with Gasteiger partial charge in [-0.05, 0) is 55.8 Å². The molecule has 2 aromatic rings. The lowest BCUT2D eigenvalue weighted by atomic mass is 10.0. The van der Waals surface area contributed by atoms with E-state index in [9.17, 15) is 22.8 Å². The number of benzene rings is 2. The van der Waals surface area contributed by atoms with Crippen molar-refractivity contribution in [2.24, 2.45) is 0 Å². The van der Waals surface area contributed by atoms with Crippen LogP contribution in [0.1, 0.15) is 29.8 Å². The molecule has 1 saturated heterocycles. The van der Waals surface area contributed by atoms with Gasteiger partial charge in [0.15, 0.2) is 0 Å². The van der Waals surface area contributed by atoms with Gasteiger partial charge in [0.2, 0.25) is 21.8 Å². The van der Waals surface area contributed by atoms with Crippen molar-refractivity contribution in [1.29, 1.82) is 0 Å². The number of nitrogens with zero attached hydrogens (tertiary/aromatic N) is 1. The van der Waals surface area contributed by atoms with Crippen LogP contribution in [0, 0.1) is 6.92 Å². The first-order valence-corrected chi connectivity index (χ1v) is 12.2. The van der Waals surface area contributed by atoms with Crippen molar-refractivity contribution in [3.8, 4) is 0 Å². The molecule has 1 fully saturated rings. The van der Waals surface area contributed by atoms with E-state index in [0.29, 0.717) is 48.8 Å². The topological polar surface area (TPSA) is 134 Å². The number of hydrogen-bond donors (Lipinski definition) is 3. The van der Waals surface area contributed by atoms with E-state index in [1.165, 1.54) is 38.1 Å². The number of carbonyl (C=O) groups excluding carboxylic acids is 3. The molecule has 1 atom stereocenters. The van der Waals surface area contributed by atoms with Crippen molar-refractivity contribution in [3.05, 3.63) is 53.6 Å². The highest BCUT2D eigenvalue weighted by atomic mass is 32.2. The molecule has 3 amide bonds. The zero-order chi connectivity index (χ0) is 24.9. The van der Waals surface area contributed by atoms with E-state index in [1.807, 2.05) is 0 Å². The molecule has 11 heteroatoms. The lowest BCUT2D eigenvalue weighted by Gasteiger charge is -2.27. The molecule has 0 aromatic heterocycles. The number of morpholine rings is 1. The third-order valence-electron chi connectivity index (χ3n) is 5.33. The molecule has 0 radical (unpaired) electrons. The molecule has 3 N–H and O–H groups in total. The van der Waals surface area contributed by atoms with Crippen LogP contribution < -0.4 is 15.4 Å². The van der Waals surface area contributed by atoms with Crippen molar-refractivity contribution in [2.75, 3.05) is 36.9 Å². The van der Waals surface area contributed by atoms with E-state index in [2.05, 4.69) is 15.4 Å². The van der Waals surface area contributed by atoms with Crippen LogP contribution in [0.2, 0.25) is 0 Å². The molecule has 1 heterocycles. The van der Waals surface area contributed by atoms with Crippen molar-refractivity contribution in [3.63, 3.8) is 0 Å². The highest BCUT2D eigenvalue weighted by molar-refractivity contribution is 7.89. The number of rotatable bonds is 7. The minimum atomic E-state index is -3.98. The smallest absolute Gasteiger partial charge is 0.254 e. The van der Waals surface area contributed by atoms with Gasteiger partial charge in [-0.15, -0.1) is 0 Å². The summed E-state index contributed by atoms with van der Waals surface area (Å²) in [7, 11) is -3.98. The van der Waals surface area contributed by atoms with Gasteiger partial charge in [-0.3, -0.25) is 14.4 Å². The predicted molar refractivity (Wildman–Crippen MR) is 127 cm³/mol. The summed E-state index contributed by atoms with van der Waals surface area (Å²) < 4.78 is 33.0. The monoisotopic (exact) mass is 488 g/mol. The normalized spacial score (nSPS) is 14.9. The highest BCUT2D eigenvalue weighted by Crippen LogP contribution is 2.21. The van der Waals surface area contributed by atoms with Gasteiger partial charge in [-0.25, -0.2) is 8.42 Å². The lowest BCUT2D eigenvalue weighted by molar-refractivity contribution is -0.117. The molecule has 2 aromatic carbocycles. The van der Waals surface area contributed by atoms with Crippen molar-refractivity contribution >= 4 is 39.1 Å². The van der Waals surface area contributed by atoms with Crippen LogP contribution in [-0.4, -0.2) is 63.4 Å². The molecule has 0 spiro atoms. The molecule has 1 aliphatic rings. The average Bonchev–Trinajstić information content (AvgIpc) is 2.80. The van der Waals surface area contributed by atoms with E-state index in [-0.39, 0.29) is 16.7 Å². The Kier molecular flexibility index (Phi) is 8.02. The summed E-state index contributed by atoms with van der Waals surface area (Å²) in [5.41, 5.74) is 1.94. The van der Waals surface area contributed by atoms with Gasteiger partial charge in [0.25, 0.3) is 5.91 Å². The van der Waals surface area contributed by atoms with E-state index in [1.54, 1.807) is 30.0 Å². The fraction of sp³-hybridized carbons (Fsp3) is 0.348. The first-order chi connectivity index (χ1) is 16.1. The minimum absolute atomic E-state index is 0.0458. The van der Waals surface area contributed by atoms with Gasteiger partial charge in [-0.2, -0.15) is 4.72 Å². The fourth-order valence-corrected chi connectivity index (χ4v) is 4.66. The number of sulfonamides is 1. The third-order valence-corrected chi connectivity index (χ3v) is 6.89. The Morgan fingerprint density at radius 3 is 2.26 bits per heavy atom. The number of nitrogens with one attached hydrogen (secondary N) is 3. The van der Waals surface area contributed by atoms with Crippen molar-refractivity contribution < 1.29 is 27.5 Å². The molecule has 3 rings (SSSR count). The second-order valence-corrected chi connectivity index (χ2v) is 9.63. The molecule has 1 aliphatic heterocycles. The van der Waals surface area contributed by atoms with E-state index >= 15 is 0 Å². The summed E-state index contributed by atoms with van der Waals surface area (Å²) in [6.07, 6.45) is 0. The molecule has 10 nitrogen and oxygen atoms in total. The van der Waals surface area contributed by atoms with Gasteiger partial charge in [0.05, 0.1) is 24.2 Å². The predicted octanol–water partition coefficient (Wildman–Crippen LogP) is 1.73. The standard InChI is InChI=1S/C23H28N4O6S/c1-15-20(23(30)27-11-13-33-14-12-27)5-4-6-21(15)25-22(29)16(2)26-34(31,32)19-9-7-18(8-10-19)24-17(3)28/h4-10,16,26H,11-14H2,1-3H3,(H,24,28)(H,25,29)/t16-/m0/s1. The summed E-state index contributed by atoms with van der Waals surface area (Å²) in [5, 5.41) is 5.26. The molecule has 34 heavy (non-hydrogen) atoms. The summed E-state index contributed by atoms with van der Waals surface area (Å²) >= 11 is 0. The number of ether oxygens (including phenoxy) is 1. The van der Waals surface area contributed by atoms with Crippen LogP contribution >= 0.6 is 0 Å². The van der Waals surface area contributed by atoms with Crippen LogP contribution in [0.25, 0.3) is 0 Å². The molecule has 0 aliphatic carbocycles. The number of amides is 3. The van der Waals surface area contributed by atoms with Gasteiger partial charge < -0.3 is 20.3 Å². The largest absolute Gasteiger partial charge is 0.378 e. The highest BCUT2D eigenvalue weighted by Gasteiger charge is 2.24. The van der Waals surface area contributed by atoms with Gasteiger partial charge >= 0.3 is 0 Å². The first kappa shape index (κ1) is 25.3. The SMILES string of the molecule is CC(=O)Nc1ccc(S(=O)(=O)N[C@@H](C)C(=O)Nc2cccc(C(=O)N3CCOCC3)c2C)cc1. The third kappa shape index (κ3) is 6.19. The Balaban J connectivity index is 1.68. The Labute approximate surface area is 198 Å². The molecule has 0 bridgehead atoms. The van der Waals surface area contributed by atoms with Crippen LogP contribution in [0.3, 0.4) is 0 Å². The summed E-state index contributed by atoms with van der Waals surface area (Å²) in [4.78, 5) is 38.4. The second kappa shape index (κ2) is 10.8. The van der Waals surface area contributed by atoms with Crippen molar-refractivity contribution in [1.82, 2.24) is 9.62 Å². The molecule has 0 unspecified atom stereocenters. The average molecular weight is 489 g/mol. The Bertz CT molecular complexity index is 1170. The Morgan fingerprint density at radius 2 is 1.65 bits per heavy atom. The van der Waals surface area contributed by atoms with Crippen LogP contribution in [0.15, 0.2) is 47.4 Å². The van der Waals surface area contributed by atoms with E-state index in [4.69, 9.17) is 4.74 Å². The van der Waals surface area contributed by atoms with Gasteiger partial charge in [0.1, 0.15) is 0 Å². The quantitative estimate of drug-likeness (QED) is 0.544. The Morgan fingerprint density at radius 1 is 1.00 bits per heavy atom. The van der Waals surface area contributed by atoms with Crippen LogP contribution in [-0.2, 0) is 24.3 Å². The first-order valence-electron chi connectivity index (χ1n) is 10.8. The second-order valence-electron chi connectivity index (χ2n) is 7.92. The van der Waals surface area contributed by atoms with Crippen LogP contribution in [0.4, 0.5) is 11.4 Å². The van der Waals surface area contributed by atoms with Gasteiger partial charge in [0, 0.05) is 37.0 Å². The fourth-order valence-electron chi connectivity index (χ4n) is 3.46. The number of anilines is 2. The summed E-state index contributed by atoms with van der Waals surface area (Å²) in [6, 6.07) is 9.53. The lowest BCUT2D eigenvalue weighted by Crippen LogP contribution is -2.42. The maximum absolute atomic E-state index is 12.9. The molecule has 0 saturated carbocycles. The molecular weight excluding hydrogens is 460 g/mol. The van der Waals surface area contributed by atoms with Crippen molar-refractivity contribution in [2.45, 2.75) is 31.7 Å². The zero-order valence-corrected chi connectivity index (χ0v) is 20.1. The maximum Gasteiger partial charge on any atom is 0.254 e. The van der Waals surface area contributed by atoms with E-state index < -0.39 is 22.0 Å². The number of carbonyl (C=O) groups is 3. The van der Waals surface area contributed by atoms with Crippen LogP contribution in [0.5, 0.6) is 0 Å². The summed E-state index contributed by atoms with van der Waals surface area (Å²) in [6.45, 7) is 6.47. The summed E-state index contributed by atoms with van der Waals surface area (Å²) in [5.74, 6) is -0.990. The van der Waals surface area contributed by atoms with Gasteiger partial charge in [-0.1, -0.05) is 6.07 Å². The molecule has 182 valence electrons. The minimum Gasteiger partial charge on any atom is -0.378 e.